The summed E-state index contributed by atoms with van der Waals surface area (Å²) in [4.78, 5) is 19.7. The van der Waals surface area contributed by atoms with Crippen LogP contribution in [0.4, 0.5) is 28.9 Å². The van der Waals surface area contributed by atoms with Crippen molar-refractivity contribution >= 4 is 38.3 Å². The number of hydrogen-bond acceptors (Lipinski definition) is 8. The Balaban J connectivity index is 0.000000541. The van der Waals surface area contributed by atoms with Gasteiger partial charge < -0.3 is 20.1 Å². The number of rotatable bonds is 6. The molecule has 0 unspecified atom stereocenters. The number of carboxylic acid groups (broad SMARTS) is 1. The second kappa shape index (κ2) is 12.8. The third-order valence-electron chi connectivity index (χ3n) is 6.46. The number of nitrogens with zero attached hydrogens (tertiary/aromatic N) is 3. The molecular weight excluding hydrogens is 594 g/mol. The second-order valence-corrected chi connectivity index (χ2v) is 11.0. The number of benzene rings is 2. The summed E-state index contributed by atoms with van der Waals surface area (Å²) < 4.78 is 79.5. The lowest BCUT2D eigenvalue weighted by molar-refractivity contribution is -0.192. The Kier molecular flexibility index (Phi) is 9.35. The summed E-state index contributed by atoms with van der Waals surface area (Å²) in [6.07, 6.45) is -1.63. The third kappa shape index (κ3) is 7.29. The van der Waals surface area contributed by atoms with Gasteiger partial charge in [-0.3, -0.25) is 9.71 Å². The molecule has 1 saturated heterocycles. The molecule has 0 amide bonds. The van der Waals surface area contributed by atoms with E-state index in [9.17, 15) is 26.0 Å². The predicted molar refractivity (Wildman–Crippen MR) is 152 cm³/mol. The maximum atomic E-state index is 14.2. The number of fused-ring (bicyclic) bond motifs is 1. The molecule has 0 atom stereocenters. The van der Waals surface area contributed by atoms with Crippen LogP contribution < -0.4 is 19.7 Å². The van der Waals surface area contributed by atoms with Crippen molar-refractivity contribution in [2.24, 2.45) is 0 Å². The summed E-state index contributed by atoms with van der Waals surface area (Å²) >= 11 is 0. The molecule has 4 aromatic rings. The number of halogens is 4. The lowest BCUT2D eigenvalue weighted by Crippen LogP contribution is -2.43. The number of piperazine rings is 1. The molecule has 43 heavy (non-hydrogen) atoms. The van der Waals surface area contributed by atoms with Crippen LogP contribution in [0, 0.1) is 12.7 Å². The molecule has 15 heteroatoms. The SMILES string of the molecule is COc1ncc(-c2cc(C)c3nccc(N4CCNCC4)c3c2)cc1NS(=O)(=O)c1ccccc1F.O=C(O)C(F)(F)F. The van der Waals surface area contributed by atoms with Gasteiger partial charge >= 0.3 is 12.1 Å². The van der Waals surface area contributed by atoms with E-state index in [1.54, 1.807) is 12.3 Å². The monoisotopic (exact) mass is 621 g/mol. The van der Waals surface area contributed by atoms with E-state index in [1.807, 2.05) is 31.3 Å². The van der Waals surface area contributed by atoms with Crippen LogP contribution in [-0.4, -0.2) is 68.9 Å². The Bertz CT molecular complexity index is 1750. The number of carbonyl (C=O) groups is 1. The predicted octanol–water partition coefficient (Wildman–Crippen LogP) is 4.60. The minimum absolute atomic E-state index is 0.0827. The third-order valence-corrected chi connectivity index (χ3v) is 7.86. The largest absolute Gasteiger partial charge is 0.490 e. The average molecular weight is 622 g/mol. The van der Waals surface area contributed by atoms with E-state index in [0.29, 0.717) is 5.56 Å². The molecule has 10 nitrogen and oxygen atoms in total. The van der Waals surface area contributed by atoms with Gasteiger partial charge in [-0.05, 0) is 54.4 Å². The minimum Gasteiger partial charge on any atom is -0.480 e. The summed E-state index contributed by atoms with van der Waals surface area (Å²) in [5.74, 6) is -3.52. The van der Waals surface area contributed by atoms with Gasteiger partial charge in [0.05, 0.1) is 12.6 Å². The topological polar surface area (TPSA) is 134 Å². The van der Waals surface area contributed by atoms with Crippen molar-refractivity contribution < 1.29 is 40.6 Å². The van der Waals surface area contributed by atoms with Gasteiger partial charge in [0.1, 0.15) is 16.4 Å². The molecule has 0 saturated carbocycles. The molecule has 2 aromatic heterocycles. The Morgan fingerprint density at radius 2 is 1.74 bits per heavy atom. The van der Waals surface area contributed by atoms with E-state index in [4.69, 9.17) is 14.6 Å². The molecule has 1 fully saturated rings. The van der Waals surface area contributed by atoms with Crippen molar-refractivity contribution in [1.82, 2.24) is 15.3 Å². The van der Waals surface area contributed by atoms with Crippen molar-refractivity contribution in [1.29, 1.82) is 0 Å². The van der Waals surface area contributed by atoms with E-state index in [1.165, 1.54) is 25.3 Å². The van der Waals surface area contributed by atoms with Crippen LogP contribution in [0.1, 0.15) is 5.56 Å². The molecule has 0 spiro atoms. The maximum Gasteiger partial charge on any atom is 0.490 e. The second-order valence-electron chi connectivity index (χ2n) is 9.38. The first kappa shape index (κ1) is 31.4. The highest BCUT2D eigenvalue weighted by Gasteiger charge is 2.38. The van der Waals surface area contributed by atoms with Gasteiger partial charge in [0.25, 0.3) is 10.0 Å². The number of alkyl halides is 3. The number of pyridine rings is 2. The first-order chi connectivity index (χ1) is 20.3. The van der Waals surface area contributed by atoms with E-state index >= 15 is 0 Å². The zero-order valence-electron chi connectivity index (χ0n) is 22.9. The number of nitrogens with one attached hydrogen (secondary N) is 2. The van der Waals surface area contributed by atoms with Gasteiger partial charge in [-0.1, -0.05) is 12.1 Å². The summed E-state index contributed by atoms with van der Waals surface area (Å²) in [6.45, 7) is 5.62. The number of sulfonamides is 1. The fraction of sp³-hybridized carbons (Fsp3) is 0.250. The van der Waals surface area contributed by atoms with Crippen LogP contribution >= 0.6 is 0 Å². The molecule has 3 N–H and O–H groups in total. The van der Waals surface area contributed by atoms with Crippen LogP contribution in [0.15, 0.2) is 65.8 Å². The van der Waals surface area contributed by atoms with Gasteiger partial charge in [0.2, 0.25) is 5.88 Å². The lowest BCUT2D eigenvalue weighted by Gasteiger charge is -2.30. The van der Waals surface area contributed by atoms with Crippen LogP contribution in [0.5, 0.6) is 5.88 Å². The van der Waals surface area contributed by atoms with Crippen molar-refractivity contribution in [2.45, 2.75) is 18.0 Å². The highest BCUT2D eigenvalue weighted by molar-refractivity contribution is 7.92. The van der Waals surface area contributed by atoms with Gasteiger partial charge in [-0.15, -0.1) is 0 Å². The minimum atomic E-state index is -5.08. The molecule has 5 rings (SSSR count). The van der Waals surface area contributed by atoms with Crippen molar-refractivity contribution in [3.05, 3.63) is 72.3 Å². The Hall–Kier alpha value is -4.50. The van der Waals surface area contributed by atoms with Crippen molar-refractivity contribution in [3.8, 4) is 17.0 Å². The number of aromatic nitrogens is 2. The normalized spacial score (nSPS) is 13.7. The Labute approximate surface area is 244 Å². The summed E-state index contributed by atoms with van der Waals surface area (Å²) in [5, 5.41) is 11.5. The quantitative estimate of drug-likeness (QED) is 0.264. The van der Waals surface area contributed by atoms with E-state index in [0.717, 1.165) is 60.0 Å². The highest BCUT2D eigenvalue weighted by atomic mass is 32.2. The Morgan fingerprint density at radius 3 is 2.37 bits per heavy atom. The maximum absolute atomic E-state index is 14.2. The smallest absolute Gasteiger partial charge is 0.480 e. The average Bonchev–Trinajstić information content (AvgIpc) is 2.97. The number of anilines is 2. The van der Waals surface area contributed by atoms with Gasteiger partial charge in [-0.2, -0.15) is 13.2 Å². The molecule has 0 radical (unpaired) electrons. The number of aliphatic carboxylic acids is 1. The zero-order valence-corrected chi connectivity index (χ0v) is 23.8. The first-order valence-electron chi connectivity index (χ1n) is 12.8. The number of aryl methyl sites for hydroxylation is 1. The van der Waals surface area contributed by atoms with Crippen LogP contribution in [-0.2, 0) is 14.8 Å². The van der Waals surface area contributed by atoms with Gasteiger partial charge in [0, 0.05) is 55.2 Å². The molecule has 228 valence electrons. The van der Waals surface area contributed by atoms with Gasteiger partial charge in [0.15, 0.2) is 0 Å². The Morgan fingerprint density at radius 1 is 1.07 bits per heavy atom. The number of ether oxygens (including phenoxy) is 1. The van der Waals surface area contributed by atoms with Gasteiger partial charge in [-0.25, -0.2) is 22.6 Å². The van der Waals surface area contributed by atoms with Crippen LogP contribution in [0.25, 0.3) is 22.0 Å². The molecule has 1 aliphatic heterocycles. The number of methoxy groups -OCH3 is 1. The first-order valence-corrected chi connectivity index (χ1v) is 14.3. The number of hydrogen-bond donors (Lipinski definition) is 3. The van der Waals surface area contributed by atoms with E-state index in [2.05, 4.69) is 24.9 Å². The zero-order chi connectivity index (χ0) is 31.4. The van der Waals surface area contributed by atoms with E-state index < -0.39 is 32.9 Å². The van der Waals surface area contributed by atoms with Crippen molar-refractivity contribution in [2.75, 3.05) is 42.9 Å². The van der Waals surface area contributed by atoms with Crippen molar-refractivity contribution in [3.63, 3.8) is 0 Å². The molecule has 0 aliphatic carbocycles. The summed E-state index contributed by atoms with van der Waals surface area (Å²) in [7, 11) is -2.81. The highest BCUT2D eigenvalue weighted by Crippen LogP contribution is 2.35. The summed E-state index contributed by atoms with van der Waals surface area (Å²) in [5.41, 5.74) is 4.66. The van der Waals surface area contributed by atoms with Crippen LogP contribution in [0.2, 0.25) is 0 Å². The summed E-state index contributed by atoms with van der Waals surface area (Å²) in [6, 6.07) is 12.9. The molecule has 3 heterocycles. The van der Waals surface area contributed by atoms with E-state index in [-0.39, 0.29) is 11.6 Å². The fourth-order valence-corrected chi connectivity index (χ4v) is 5.60. The standard InChI is InChI=1S/C26H26FN5O3S.C2HF3O2/c1-17-13-18(14-20-23(7-8-29-25(17)20)32-11-9-28-10-12-32)19-15-22(26(35-2)30-16-19)31-36(33,34)24-6-4-3-5-21(24)27;3-2(4,5)1(6)7/h3-8,13-16,28,31H,9-12H2,1-2H3;(H,6,7). The number of carboxylic acids is 1. The molecule has 1 aliphatic rings. The lowest BCUT2D eigenvalue weighted by atomic mass is 9.99. The molecule has 0 bridgehead atoms. The van der Waals surface area contributed by atoms with Crippen LogP contribution in [0.3, 0.4) is 0 Å². The fourth-order valence-electron chi connectivity index (χ4n) is 4.47. The molecule has 2 aromatic carbocycles. The molecular formula is C28H27F4N5O5S.